The molecule has 0 aliphatic carbocycles. The first-order valence-electron chi connectivity index (χ1n) is 8.57. The lowest BCUT2D eigenvalue weighted by Crippen LogP contribution is -2.72. The summed E-state index contributed by atoms with van der Waals surface area (Å²) < 4.78 is 2.68. The van der Waals surface area contributed by atoms with Crippen LogP contribution in [0.15, 0.2) is 0 Å². The molecule has 0 unspecified atom stereocenters. The van der Waals surface area contributed by atoms with Crippen LogP contribution in [0.2, 0.25) is 39.3 Å². The van der Waals surface area contributed by atoms with Gasteiger partial charge in [-0.15, -0.1) is 0 Å². The summed E-state index contributed by atoms with van der Waals surface area (Å²) in [4.78, 5) is 5.06. The number of hydrazine groups is 1. The van der Waals surface area contributed by atoms with Gasteiger partial charge in [-0.25, -0.2) is 5.43 Å². The van der Waals surface area contributed by atoms with E-state index in [1.54, 1.807) is 0 Å². The van der Waals surface area contributed by atoms with Gasteiger partial charge in [-0.3, -0.25) is 14.1 Å². The van der Waals surface area contributed by atoms with Crippen molar-refractivity contribution in [3.8, 4) is 0 Å². The van der Waals surface area contributed by atoms with Gasteiger partial charge in [0.25, 0.3) is 0 Å². The van der Waals surface area contributed by atoms with E-state index in [4.69, 9.17) is 0 Å². The van der Waals surface area contributed by atoms with Crippen LogP contribution in [0, 0.1) is 0 Å². The Bertz CT molecular complexity index is 252. The lowest BCUT2D eigenvalue weighted by atomic mass is 10.4. The van der Waals surface area contributed by atoms with Crippen LogP contribution in [-0.2, 0) is 0 Å². The molecule has 6 heteroatoms. The van der Waals surface area contributed by atoms with Crippen LogP contribution in [-0.4, -0.2) is 63.1 Å². The predicted molar refractivity (Wildman–Crippen MR) is 101 cm³/mol. The van der Waals surface area contributed by atoms with E-state index in [0.717, 1.165) is 26.2 Å². The summed E-state index contributed by atoms with van der Waals surface area (Å²) in [5.41, 5.74) is 3.95. The molecule has 0 radical (unpaired) electrons. The van der Waals surface area contributed by atoms with Crippen molar-refractivity contribution in [2.24, 2.45) is 0 Å². The van der Waals surface area contributed by atoms with E-state index in [2.05, 4.69) is 86.5 Å². The molecule has 0 aliphatic heterocycles. The molecule has 0 aliphatic rings. The van der Waals surface area contributed by atoms with E-state index in [0.29, 0.717) is 6.29 Å². The second-order valence-corrected chi connectivity index (χ2v) is 17.6. The number of hydrogen-bond acceptors (Lipinski definition) is 4. The molecule has 0 aromatic heterocycles. The van der Waals surface area contributed by atoms with Gasteiger partial charge in [0.05, 0.1) is 0 Å². The topological polar surface area (TPSA) is 21.8 Å². The summed E-state index contributed by atoms with van der Waals surface area (Å²) in [5, 5.41) is 0. The van der Waals surface area contributed by atoms with Gasteiger partial charge < -0.3 is 0 Å². The minimum absolute atomic E-state index is 0.313. The van der Waals surface area contributed by atoms with Crippen LogP contribution in [0.3, 0.4) is 0 Å². The molecule has 0 saturated carbocycles. The van der Waals surface area contributed by atoms with E-state index >= 15 is 0 Å². The first-order chi connectivity index (χ1) is 9.52. The van der Waals surface area contributed by atoms with Crippen LogP contribution >= 0.6 is 0 Å². The number of hydrogen-bond donors (Lipinski definition) is 1. The van der Waals surface area contributed by atoms with Crippen molar-refractivity contribution in [3.63, 3.8) is 0 Å². The highest BCUT2D eigenvalue weighted by molar-refractivity contribution is 6.89. The Morgan fingerprint density at radius 2 is 0.952 bits per heavy atom. The highest BCUT2D eigenvalue weighted by Gasteiger charge is 2.37. The molecule has 0 rings (SSSR count). The molecule has 0 atom stereocenters. The third kappa shape index (κ3) is 6.50. The first-order valence-corrected chi connectivity index (χ1v) is 15.5. The Morgan fingerprint density at radius 1 is 0.667 bits per heavy atom. The molecular formula is C15H40N4Si2. The normalized spacial score (nSPS) is 14.0. The van der Waals surface area contributed by atoms with Crippen molar-refractivity contribution < 1.29 is 0 Å². The van der Waals surface area contributed by atoms with Crippen molar-refractivity contribution >= 4 is 16.5 Å². The molecule has 0 aromatic rings. The first kappa shape index (κ1) is 21.3. The molecule has 0 bridgehead atoms. The van der Waals surface area contributed by atoms with E-state index < -0.39 is 16.5 Å². The maximum absolute atomic E-state index is 3.95. The van der Waals surface area contributed by atoms with Gasteiger partial charge in [0.2, 0.25) is 0 Å². The monoisotopic (exact) mass is 332 g/mol. The summed E-state index contributed by atoms with van der Waals surface area (Å²) in [6.45, 7) is 28.0. The zero-order valence-corrected chi connectivity index (χ0v) is 18.2. The smallest absolute Gasteiger partial charge is 0.128 e. The van der Waals surface area contributed by atoms with Crippen molar-refractivity contribution in [2.75, 3.05) is 26.2 Å². The van der Waals surface area contributed by atoms with Gasteiger partial charge in [0, 0.05) is 0 Å². The third-order valence-electron chi connectivity index (χ3n) is 3.90. The Balaban J connectivity index is 5.42. The Hall–Kier alpha value is 0.274. The van der Waals surface area contributed by atoms with Gasteiger partial charge >= 0.3 is 0 Å². The molecule has 0 amide bonds. The van der Waals surface area contributed by atoms with Crippen molar-refractivity contribution in [1.29, 1.82) is 0 Å². The summed E-state index contributed by atoms with van der Waals surface area (Å²) in [6, 6.07) is 0. The summed E-state index contributed by atoms with van der Waals surface area (Å²) in [7, 11) is -2.79. The number of nitrogens with one attached hydrogen (secondary N) is 1. The minimum atomic E-state index is -1.40. The highest BCUT2D eigenvalue weighted by atomic mass is 28.4. The summed E-state index contributed by atoms with van der Waals surface area (Å²) >= 11 is 0. The fourth-order valence-electron chi connectivity index (χ4n) is 3.04. The van der Waals surface area contributed by atoms with Crippen molar-refractivity contribution in [3.05, 3.63) is 0 Å². The number of rotatable bonds is 10. The van der Waals surface area contributed by atoms with Crippen LogP contribution < -0.4 is 5.43 Å². The fourth-order valence-corrected chi connectivity index (χ4v) is 12.1. The van der Waals surface area contributed by atoms with E-state index in [9.17, 15) is 0 Å². The predicted octanol–water partition coefficient (Wildman–Crippen LogP) is 3.43. The van der Waals surface area contributed by atoms with Gasteiger partial charge in [-0.05, 0) is 26.2 Å². The largest absolute Gasteiger partial charge is 0.284 e. The van der Waals surface area contributed by atoms with Crippen LogP contribution in [0.25, 0.3) is 0 Å². The molecular weight excluding hydrogens is 292 g/mol. The Morgan fingerprint density at radius 3 is 1.14 bits per heavy atom. The van der Waals surface area contributed by atoms with Crippen LogP contribution in [0.5, 0.6) is 0 Å². The van der Waals surface area contributed by atoms with E-state index in [-0.39, 0.29) is 0 Å². The molecule has 0 fully saturated rings. The third-order valence-corrected chi connectivity index (χ3v) is 10.9. The molecule has 0 aromatic carbocycles. The van der Waals surface area contributed by atoms with Gasteiger partial charge in [0.1, 0.15) is 22.8 Å². The van der Waals surface area contributed by atoms with E-state index in [1.165, 1.54) is 0 Å². The van der Waals surface area contributed by atoms with Crippen LogP contribution in [0.1, 0.15) is 27.7 Å². The van der Waals surface area contributed by atoms with Gasteiger partial charge in [-0.1, -0.05) is 67.0 Å². The van der Waals surface area contributed by atoms with Crippen molar-refractivity contribution in [1.82, 2.24) is 19.6 Å². The summed E-state index contributed by atoms with van der Waals surface area (Å²) in [6.07, 6.45) is 0.313. The summed E-state index contributed by atoms with van der Waals surface area (Å²) in [5.74, 6) is 0. The number of nitrogens with zero attached hydrogens (tertiary/aromatic N) is 3. The van der Waals surface area contributed by atoms with Crippen molar-refractivity contribution in [2.45, 2.75) is 73.3 Å². The SMILES string of the molecule is CCN(CC)C(NN([Si](C)(C)C)[Si](C)(C)C)N(CC)CC. The molecule has 0 heterocycles. The lowest BCUT2D eigenvalue weighted by molar-refractivity contribution is 0.00672. The van der Waals surface area contributed by atoms with E-state index in [1.807, 2.05) is 0 Å². The zero-order chi connectivity index (χ0) is 16.8. The quantitative estimate of drug-likeness (QED) is 0.376. The maximum Gasteiger partial charge on any atom is 0.128 e. The standard InChI is InChI=1S/C15H40N4Si2/c1-11-17(12-2)15(18(13-3)14-4)16-19(20(5,6)7)21(8,9)10/h15-16H,11-14H2,1-10H3. The Kier molecular flexibility index (Phi) is 8.90. The zero-order valence-electron chi connectivity index (χ0n) is 16.2. The van der Waals surface area contributed by atoms with Gasteiger partial charge in [0.15, 0.2) is 0 Å². The highest BCUT2D eigenvalue weighted by Crippen LogP contribution is 2.19. The second kappa shape index (κ2) is 8.79. The molecule has 1 N–H and O–H groups in total. The maximum atomic E-state index is 3.95. The second-order valence-electron chi connectivity index (χ2n) is 7.62. The molecule has 128 valence electrons. The lowest BCUT2D eigenvalue weighted by Gasteiger charge is -2.49. The molecule has 21 heavy (non-hydrogen) atoms. The Labute approximate surface area is 136 Å². The molecule has 4 nitrogen and oxygen atoms in total. The average molecular weight is 333 g/mol. The fraction of sp³-hybridized carbons (Fsp3) is 1.00. The van der Waals surface area contributed by atoms with Gasteiger partial charge in [-0.2, -0.15) is 0 Å². The molecule has 0 spiro atoms. The molecule has 0 saturated heterocycles. The minimum Gasteiger partial charge on any atom is -0.284 e. The average Bonchev–Trinajstić information content (AvgIpc) is 2.34. The van der Waals surface area contributed by atoms with Crippen LogP contribution in [0.4, 0.5) is 0 Å².